The summed E-state index contributed by atoms with van der Waals surface area (Å²) in [7, 11) is 0. The van der Waals surface area contributed by atoms with Gasteiger partial charge in [-0.05, 0) is 26.3 Å². The van der Waals surface area contributed by atoms with E-state index in [-0.39, 0.29) is 41.0 Å². The Labute approximate surface area is 90.7 Å². The van der Waals surface area contributed by atoms with Crippen molar-refractivity contribution in [1.29, 1.82) is 0 Å². The third kappa shape index (κ3) is 6.60. The number of amides is 1. The first-order valence-corrected chi connectivity index (χ1v) is 3.46. The third-order valence-corrected chi connectivity index (χ3v) is 1.53. The Balaban J connectivity index is 0. The Morgan fingerprint density at radius 1 is 1.64 bits per heavy atom. The number of rotatable bonds is 3. The SMILES string of the molecule is C=CC(=O)NC(C)(C)CC.[NaH]. The van der Waals surface area contributed by atoms with Gasteiger partial charge in [0, 0.05) is 5.54 Å². The molecule has 0 atom stereocenters. The van der Waals surface area contributed by atoms with Crippen LogP contribution < -0.4 is 5.32 Å². The monoisotopic (exact) mass is 165 g/mol. The van der Waals surface area contributed by atoms with Gasteiger partial charge in [-0.15, -0.1) is 0 Å². The van der Waals surface area contributed by atoms with Crippen molar-refractivity contribution in [3.63, 3.8) is 0 Å². The molecule has 0 heterocycles. The van der Waals surface area contributed by atoms with Crippen LogP contribution in [0.3, 0.4) is 0 Å². The maximum atomic E-state index is 10.8. The Bertz CT molecular complexity index is 143. The molecule has 1 amide bonds. The number of carbonyl (C=O) groups is 1. The predicted octanol–water partition coefficient (Wildman–Crippen LogP) is 0.829. The van der Waals surface area contributed by atoms with Crippen LogP contribution in [0.2, 0.25) is 0 Å². The van der Waals surface area contributed by atoms with Crippen LogP contribution in [0.4, 0.5) is 0 Å². The first kappa shape index (κ1) is 13.8. The van der Waals surface area contributed by atoms with Crippen LogP contribution in [-0.4, -0.2) is 41.0 Å². The molecular weight excluding hydrogens is 149 g/mol. The van der Waals surface area contributed by atoms with E-state index in [9.17, 15) is 4.79 Å². The van der Waals surface area contributed by atoms with Gasteiger partial charge in [-0.2, -0.15) is 0 Å². The fraction of sp³-hybridized carbons (Fsp3) is 0.625. The van der Waals surface area contributed by atoms with E-state index in [1.807, 2.05) is 20.8 Å². The van der Waals surface area contributed by atoms with Gasteiger partial charge >= 0.3 is 29.6 Å². The summed E-state index contributed by atoms with van der Waals surface area (Å²) in [4.78, 5) is 10.8. The van der Waals surface area contributed by atoms with Crippen LogP contribution in [0.25, 0.3) is 0 Å². The second kappa shape index (κ2) is 5.81. The summed E-state index contributed by atoms with van der Waals surface area (Å²) in [6.07, 6.45) is 2.21. The first-order chi connectivity index (χ1) is 4.52. The third-order valence-electron chi connectivity index (χ3n) is 1.53. The number of nitrogens with one attached hydrogen (secondary N) is 1. The molecule has 0 aromatic heterocycles. The zero-order valence-electron chi connectivity index (χ0n) is 6.90. The topological polar surface area (TPSA) is 29.1 Å². The molecule has 0 radical (unpaired) electrons. The van der Waals surface area contributed by atoms with Crippen molar-refractivity contribution >= 4 is 35.5 Å². The normalized spacial score (nSPS) is 9.73. The van der Waals surface area contributed by atoms with E-state index < -0.39 is 0 Å². The molecule has 0 bridgehead atoms. The maximum absolute atomic E-state index is 10.8. The summed E-state index contributed by atoms with van der Waals surface area (Å²) in [5.41, 5.74) is -0.106. The summed E-state index contributed by atoms with van der Waals surface area (Å²) in [5.74, 6) is -0.105. The molecule has 0 aliphatic rings. The Hall–Kier alpha value is 0.210. The molecule has 0 saturated carbocycles. The van der Waals surface area contributed by atoms with E-state index in [4.69, 9.17) is 0 Å². The van der Waals surface area contributed by atoms with Crippen molar-refractivity contribution in [1.82, 2.24) is 5.32 Å². The molecule has 2 nitrogen and oxygen atoms in total. The molecule has 0 fully saturated rings. The molecule has 0 rings (SSSR count). The molecule has 0 unspecified atom stereocenters. The molecule has 60 valence electrons. The summed E-state index contributed by atoms with van der Waals surface area (Å²) in [6, 6.07) is 0. The van der Waals surface area contributed by atoms with Crippen molar-refractivity contribution in [2.45, 2.75) is 32.7 Å². The second-order valence-corrected chi connectivity index (χ2v) is 2.93. The molecule has 0 aliphatic carbocycles. The van der Waals surface area contributed by atoms with Crippen molar-refractivity contribution < 1.29 is 4.79 Å². The van der Waals surface area contributed by atoms with Gasteiger partial charge in [0.1, 0.15) is 0 Å². The van der Waals surface area contributed by atoms with Crippen LogP contribution in [0, 0.1) is 0 Å². The van der Waals surface area contributed by atoms with Crippen LogP contribution in [0.15, 0.2) is 12.7 Å². The van der Waals surface area contributed by atoms with E-state index in [0.717, 1.165) is 6.42 Å². The molecule has 0 aromatic carbocycles. The van der Waals surface area contributed by atoms with Crippen molar-refractivity contribution in [2.75, 3.05) is 0 Å². The summed E-state index contributed by atoms with van der Waals surface area (Å²) < 4.78 is 0. The van der Waals surface area contributed by atoms with Gasteiger partial charge in [0.05, 0.1) is 0 Å². The van der Waals surface area contributed by atoms with Crippen LogP contribution in [-0.2, 0) is 4.79 Å². The molecule has 11 heavy (non-hydrogen) atoms. The predicted molar refractivity (Wildman–Crippen MR) is 49.9 cm³/mol. The van der Waals surface area contributed by atoms with E-state index in [0.29, 0.717) is 0 Å². The summed E-state index contributed by atoms with van der Waals surface area (Å²) >= 11 is 0. The zero-order valence-corrected chi connectivity index (χ0v) is 6.90. The van der Waals surface area contributed by atoms with Crippen molar-refractivity contribution in [3.8, 4) is 0 Å². The second-order valence-electron chi connectivity index (χ2n) is 2.93. The van der Waals surface area contributed by atoms with Crippen LogP contribution in [0.1, 0.15) is 27.2 Å². The molecule has 1 N–H and O–H groups in total. The van der Waals surface area contributed by atoms with Gasteiger partial charge < -0.3 is 5.32 Å². The van der Waals surface area contributed by atoms with E-state index in [2.05, 4.69) is 11.9 Å². The summed E-state index contributed by atoms with van der Waals surface area (Å²) in [5, 5.41) is 2.80. The van der Waals surface area contributed by atoms with Gasteiger partial charge in [-0.1, -0.05) is 13.5 Å². The molecule has 3 heteroatoms. The Kier molecular flexibility index (Phi) is 7.28. The van der Waals surface area contributed by atoms with Crippen LogP contribution in [0.5, 0.6) is 0 Å². The molecule has 0 saturated heterocycles. The quantitative estimate of drug-likeness (QED) is 0.487. The number of hydrogen-bond acceptors (Lipinski definition) is 1. The van der Waals surface area contributed by atoms with E-state index in [1.165, 1.54) is 6.08 Å². The summed E-state index contributed by atoms with van der Waals surface area (Å²) in [6.45, 7) is 9.36. The van der Waals surface area contributed by atoms with Gasteiger partial charge in [0.2, 0.25) is 5.91 Å². The van der Waals surface area contributed by atoms with E-state index in [1.54, 1.807) is 0 Å². The minimum absolute atomic E-state index is 0. The molecular formula is C8H16NNaO. The first-order valence-electron chi connectivity index (χ1n) is 3.46. The van der Waals surface area contributed by atoms with Gasteiger partial charge in [0.15, 0.2) is 0 Å². The average molecular weight is 165 g/mol. The van der Waals surface area contributed by atoms with Crippen LogP contribution >= 0.6 is 0 Å². The zero-order chi connectivity index (χ0) is 8.20. The molecule has 0 aromatic rings. The average Bonchev–Trinajstić information content (AvgIpc) is 1.87. The Morgan fingerprint density at radius 2 is 2.09 bits per heavy atom. The van der Waals surface area contributed by atoms with Gasteiger partial charge in [0.25, 0.3) is 0 Å². The fourth-order valence-electron chi connectivity index (χ4n) is 0.473. The molecule has 0 spiro atoms. The number of hydrogen-bond donors (Lipinski definition) is 1. The van der Waals surface area contributed by atoms with Crippen molar-refractivity contribution in [3.05, 3.63) is 12.7 Å². The Morgan fingerprint density at radius 3 is 2.36 bits per heavy atom. The number of carbonyl (C=O) groups excluding carboxylic acids is 1. The van der Waals surface area contributed by atoms with Gasteiger partial charge in [-0.3, -0.25) is 4.79 Å². The fourth-order valence-corrected chi connectivity index (χ4v) is 0.473. The van der Waals surface area contributed by atoms with E-state index >= 15 is 0 Å². The van der Waals surface area contributed by atoms with Crippen molar-refractivity contribution in [2.24, 2.45) is 0 Å². The molecule has 0 aliphatic heterocycles. The standard InChI is InChI=1S/C8H15NO.Na.H/c1-5-7(10)9-8(3,4)6-2;;/h5H,1,6H2,2-4H3,(H,9,10);;. The minimum atomic E-state index is -0.106. The van der Waals surface area contributed by atoms with Gasteiger partial charge in [-0.25, -0.2) is 0 Å².